The molecular weight excluding hydrogens is 298 g/mol. The van der Waals surface area contributed by atoms with Crippen LogP contribution in [0.25, 0.3) is 6.08 Å². The zero-order chi connectivity index (χ0) is 15.9. The molecular formula is C13H15NO6S. The average molecular weight is 313 g/mol. The lowest BCUT2D eigenvalue weighted by Gasteiger charge is -2.13. The fourth-order valence-electron chi connectivity index (χ4n) is 1.32. The minimum Gasteiger partial charge on any atom is -0.318 e. The maximum Gasteiger partial charge on any atom is 0.506 e. The highest BCUT2D eigenvalue weighted by Crippen LogP contribution is 2.09. The molecule has 2 N–H and O–H groups in total. The van der Waals surface area contributed by atoms with Crippen LogP contribution >= 0.6 is 0 Å². The summed E-state index contributed by atoms with van der Waals surface area (Å²) in [5, 5.41) is 0. The topological polar surface area (TPSA) is 113 Å². The van der Waals surface area contributed by atoms with Gasteiger partial charge in [-0.15, -0.1) is 8.42 Å². The zero-order valence-electron chi connectivity index (χ0n) is 11.1. The molecule has 0 spiro atoms. The van der Waals surface area contributed by atoms with Gasteiger partial charge in [0.15, 0.2) is 0 Å². The number of nitrogens with two attached hydrogens (primary N) is 1. The maximum absolute atomic E-state index is 10.8. The fourth-order valence-corrected chi connectivity index (χ4v) is 1.99. The Hall–Kier alpha value is -2.19. The molecule has 7 nitrogen and oxygen atoms in total. The molecule has 0 aliphatic carbocycles. The molecule has 1 aromatic rings. The van der Waals surface area contributed by atoms with Crippen LogP contribution in [0.3, 0.4) is 0 Å². The highest BCUT2D eigenvalue weighted by atomic mass is 32.3. The summed E-state index contributed by atoms with van der Waals surface area (Å²) in [5.74, 6) is -2.10. The number of rotatable bonds is 1. The van der Waals surface area contributed by atoms with E-state index in [2.05, 4.69) is 14.9 Å². The summed E-state index contributed by atoms with van der Waals surface area (Å²) in [4.78, 5) is 21.4. The Labute approximate surface area is 122 Å². The van der Waals surface area contributed by atoms with Gasteiger partial charge in [-0.2, -0.15) is 0 Å². The smallest absolute Gasteiger partial charge is 0.318 e. The van der Waals surface area contributed by atoms with Crippen molar-refractivity contribution in [3.63, 3.8) is 0 Å². The largest absolute Gasteiger partial charge is 0.506 e. The Balaban J connectivity index is 0.000000235. The zero-order valence-corrected chi connectivity index (χ0v) is 11.9. The first kappa shape index (κ1) is 16.9. The standard InChI is InChI=1S/C8H8.C5H7NO6S/c1-2-8-6-4-3-5-7-8;6-3-1-2-4(7)11-13(9,10)12-5(3)8/h2-7H,1H2;3H,1-2,6H2/t;3-/m.0/s1. The van der Waals surface area contributed by atoms with E-state index in [1.165, 1.54) is 5.56 Å². The molecule has 21 heavy (non-hydrogen) atoms. The van der Waals surface area contributed by atoms with E-state index in [1.807, 2.05) is 36.4 Å². The first-order valence-electron chi connectivity index (χ1n) is 5.97. The molecule has 0 saturated carbocycles. The third-order valence-corrected chi connectivity index (χ3v) is 3.14. The molecule has 1 aliphatic rings. The van der Waals surface area contributed by atoms with Gasteiger partial charge in [-0.05, 0) is 12.0 Å². The number of hydrogen-bond donors (Lipinski definition) is 1. The summed E-state index contributed by atoms with van der Waals surface area (Å²) in [5.41, 5.74) is 6.36. The predicted octanol–water partition coefficient (Wildman–Crippen LogP) is 0.768. The Morgan fingerprint density at radius 3 is 2.33 bits per heavy atom. The number of carbonyl (C=O) groups is 2. The van der Waals surface area contributed by atoms with Gasteiger partial charge in [0, 0.05) is 6.42 Å². The molecule has 0 bridgehead atoms. The Bertz CT molecular complexity index is 611. The lowest BCUT2D eigenvalue weighted by Crippen LogP contribution is -2.37. The van der Waals surface area contributed by atoms with E-state index in [1.54, 1.807) is 0 Å². The van der Waals surface area contributed by atoms with Gasteiger partial charge in [-0.1, -0.05) is 43.0 Å². The van der Waals surface area contributed by atoms with E-state index in [9.17, 15) is 18.0 Å². The molecule has 8 heteroatoms. The lowest BCUT2D eigenvalue weighted by molar-refractivity contribution is -0.141. The number of carbonyl (C=O) groups excluding carboxylic acids is 2. The van der Waals surface area contributed by atoms with Crippen LogP contribution in [0, 0.1) is 0 Å². The molecule has 0 amide bonds. The molecule has 0 radical (unpaired) electrons. The van der Waals surface area contributed by atoms with Crippen LogP contribution in [-0.2, 0) is 28.4 Å². The normalized spacial score (nSPS) is 20.7. The van der Waals surface area contributed by atoms with Crippen LogP contribution in [-0.4, -0.2) is 26.4 Å². The lowest BCUT2D eigenvalue weighted by atomic mass is 10.2. The highest BCUT2D eigenvalue weighted by molar-refractivity contribution is 7.82. The highest BCUT2D eigenvalue weighted by Gasteiger charge is 2.30. The van der Waals surface area contributed by atoms with Crippen molar-refractivity contribution in [2.24, 2.45) is 5.73 Å². The maximum atomic E-state index is 10.8. The van der Waals surface area contributed by atoms with Crippen LogP contribution in [0.4, 0.5) is 0 Å². The van der Waals surface area contributed by atoms with Gasteiger partial charge in [-0.25, -0.2) is 4.79 Å². The van der Waals surface area contributed by atoms with E-state index in [4.69, 9.17) is 5.73 Å². The van der Waals surface area contributed by atoms with Gasteiger partial charge in [0.1, 0.15) is 6.04 Å². The monoisotopic (exact) mass is 313 g/mol. The molecule has 2 rings (SSSR count). The third kappa shape index (κ3) is 6.19. The van der Waals surface area contributed by atoms with E-state index in [-0.39, 0.29) is 12.8 Å². The molecule has 0 aromatic heterocycles. The van der Waals surface area contributed by atoms with Crippen molar-refractivity contribution in [3.8, 4) is 0 Å². The van der Waals surface area contributed by atoms with Crippen molar-refractivity contribution in [3.05, 3.63) is 42.5 Å². The van der Waals surface area contributed by atoms with Crippen molar-refractivity contribution >= 4 is 28.4 Å². The van der Waals surface area contributed by atoms with Gasteiger partial charge >= 0.3 is 22.3 Å². The predicted molar refractivity (Wildman–Crippen MR) is 74.8 cm³/mol. The SMILES string of the molecule is C=Cc1ccccc1.N[C@H]1CCC(=O)OS(=O)(=O)OC1=O. The van der Waals surface area contributed by atoms with E-state index in [0.717, 1.165) is 0 Å². The van der Waals surface area contributed by atoms with Gasteiger partial charge < -0.3 is 14.1 Å². The summed E-state index contributed by atoms with van der Waals surface area (Å²) in [6.07, 6.45) is 1.61. The minimum absolute atomic E-state index is 0.00713. The molecule has 1 heterocycles. The molecule has 114 valence electrons. The van der Waals surface area contributed by atoms with Crippen molar-refractivity contribution in [1.82, 2.24) is 0 Å². The van der Waals surface area contributed by atoms with Crippen LogP contribution in [0.2, 0.25) is 0 Å². The van der Waals surface area contributed by atoms with Crippen LogP contribution in [0.1, 0.15) is 18.4 Å². The van der Waals surface area contributed by atoms with E-state index >= 15 is 0 Å². The molecule has 1 atom stereocenters. The molecule has 1 aromatic carbocycles. The summed E-state index contributed by atoms with van der Waals surface area (Å²) < 4.78 is 29.0. The summed E-state index contributed by atoms with van der Waals surface area (Å²) in [6.45, 7) is 3.63. The second-order valence-electron chi connectivity index (χ2n) is 4.03. The Morgan fingerprint density at radius 2 is 1.81 bits per heavy atom. The van der Waals surface area contributed by atoms with Gasteiger partial charge in [-0.3, -0.25) is 4.79 Å². The number of hydrogen-bond acceptors (Lipinski definition) is 7. The van der Waals surface area contributed by atoms with Gasteiger partial charge in [0.2, 0.25) is 0 Å². The molecule has 0 unspecified atom stereocenters. The van der Waals surface area contributed by atoms with Crippen LogP contribution in [0.5, 0.6) is 0 Å². The van der Waals surface area contributed by atoms with Crippen molar-refractivity contribution in [1.29, 1.82) is 0 Å². The fraction of sp³-hybridized carbons (Fsp3) is 0.231. The van der Waals surface area contributed by atoms with Gasteiger partial charge in [0.25, 0.3) is 0 Å². The van der Waals surface area contributed by atoms with E-state index < -0.39 is 28.4 Å². The second-order valence-corrected chi connectivity index (χ2v) is 5.18. The van der Waals surface area contributed by atoms with E-state index in [0.29, 0.717) is 0 Å². The quantitative estimate of drug-likeness (QED) is 0.814. The van der Waals surface area contributed by atoms with Crippen LogP contribution < -0.4 is 5.73 Å². The first-order chi connectivity index (χ1) is 9.84. The summed E-state index contributed by atoms with van der Waals surface area (Å²) in [6, 6.07) is 8.92. The summed E-state index contributed by atoms with van der Waals surface area (Å²) >= 11 is 0. The summed E-state index contributed by atoms with van der Waals surface area (Å²) in [7, 11) is -4.55. The Kier molecular flexibility index (Phi) is 6.07. The molecule has 1 aliphatic heterocycles. The molecule has 1 saturated heterocycles. The Morgan fingerprint density at radius 1 is 1.19 bits per heavy atom. The number of benzene rings is 1. The van der Waals surface area contributed by atoms with Crippen molar-refractivity contribution in [2.75, 3.05) is 0 Å². The van der Waals surface area contributed by atoms with Gasteiger partial charge in [0.05, 0.1) is 0 Å². The van der Waals surface area contributed by atoms with Crippen molar-refractivity contribution < 1.29 is 26.4 Å². The molecule has 1 fully saturated rings. The first-order valence-corrected chi connectivity index (χ1v) is 7.31. The minimum atomic E-state index is -4.55. The second kappa shape index (κ2) is 7.55. The average Bonchev–Trinajstić information content (AvgIpc) is 2.44. The van der Waals surface area contributed by atoms with Crippen LogP contribution in [0.15, 0.2) is 36.9 Å². The third-order valence-electron chi connectivity index (χ3n) is 2.38. The van der Waals surface area contributed by atoms with Crippen molar-refractivity contribution in [2.45, 2.75) is 18.9 Å².